The molecule has 4 rings (SSSR count). The molecule has 5 heteroatoms. The molecule has 3 aliphatic carbocycles. The lowest BCUT2D eigenvalue weighted by molar-refractivity contribution is -0.324. The molecule has 3 fully saturated rings. The van der Waals surface area contributed by atoms with Gasteiger partial charge in [-0.1, -0.05) is 29.8 Å². The van der Waals surface area contributed by atoms with Gasteiger partial charge in [0, 0.05) is 0 Å². The maximum absolute atomic E-state index is 14.3. The number of halogens is 3. The first-order valence-corrected chi connectivity index (χ1v) is 7.23. The fourth-order valence-corrected chi connectivity index (χ4v) is 3.37. The summed E-state index contributed by atoms with van der Waals surface area (Å²) >= 11 is 0. The van der Waals surface area contributed by atoms with Crippen molar-refractivity contribution in [2.75, 3.05) is 0 Å². The minimum absolute atomic E-state index is 0.106. The summed E-state index contributed by atoms with van der Waals surface area (Å²) in [7, 11) is 0. The van der Waals surface area contributed by atoms with E-state index in [0.29, 0.717) is 0 Å². The summed E-state index contributed by atoms with van der Waals surface area (Å²) in [5.74, 6) is -3.74. The second-order valence-corrected chi connectivity index (χ2v) is 6.36. The highest BCUT2D eigenvalue weighted by atomic mass is 19.3. The van der Waals surface area contributed by atoms with Gasteiger partial charge in [-0.3, -0.25) is 0 Å². The van der Waals surface area contributed by atoms with Gasteiger partial charge in [-0.05, 0) is 38.2 Å². The second kappa shape index (κ2) is 4.71. The summed E-state index contributed by atoms with van der Waals surface area (Å²) < 4.78 is 47.9. The highest BCUT2D eigenvalue weighted by Gasteiger charge is 2.72. The first kappa shape index (κ1) is 14.9. The first-order chi connectivity index (χ1) is 9.79. The van der Waals surface area contributed by atoms with Crippen molar-refractivity contribution in [2.45, 2.75) is 62.5 Å². The van der Waals surface area contributed by atoms with Crippen LogP contribution in [0.25, 0.3) is 0 Å². The second-order valence-electron chi connectivity index (χ2n) is 6.36. The molecule has 3 saturated carbocycles. The van der Waals surface area contributed by atoms with Gasteiger partial charge in [0.1, 0.15) is 11.2 Å². The summed E-state index contributed by atoms with van der Waals surface area (Å²) in [6.07, 6.45) is -2.43. The predicted molar refractivity (Wildman–Crippen MR) is 72.0 cm³/mol. The largest absolute Gasteiger partial charge is 0.383 e. The van der Waals surface area contributed by atoms with Gasteiger partial charge in [-0.25, -0.2) is 13.2 Å². The molecule has 21 heavy (non-hydrogen) atoms. The number of aliphatic hydroxyl groups is 1. The molecule has 1 atom stereocenters. The minimum atomic E-state index is -3.74. The van der Waals surface area contributed by atoms with E-state index in [-0.39, 0.29) is 32.3 Å². The van der Waals surface area contributed by atoms with E-state index < -0.39 is 23.3 Å². The van der Waals surface area contributed by atoms with Crippen molar-refractivity contribution >= 4 is 0 Å². The lowest BCUT2D eigenvalue weighted by atomic mass is 9.61. The Labute approximate surface area is 121 Å². The van der Waals surface area contributed by atoms with Crippen LogP contribution in [0, 0.1) is 6.92 Å². The molecule has 3 aliphatic rings. The molecule has 0 radical (unpaired) electrons. The standard InChI is InChI=1S/C16H19F3O2/c1-11-2-4-12(5-3-11)10-21-14-6-8-15(20,9-7-14)16(18,19)13(14)17/h2-5,13,20H,6-10H2,1H3. The Hall–Kier alpha value is -1.07. The van der Waals surface area contributed by atoms with Gasteiger partial charge >= 0.3 is 5.92 Å². The number of aryl methyl sites for hydroxylation is 1. The Morgan fingerprint density at radius 3 is 2.29 bits per heavy atom. The van der Waals surface area contributed by atoms with Gasteiger partial charge in [0.15, 0.2) is 6.17 Å². The van der Waals surface area contributed by atoms with Crippen molar-refractivity contribution in [3.8, 4) is 0 Å². The van der Waals surface area contributed by atoms with Crippen LogP contribution in [-0.2, 0) is 11.3 Å². The maximum atomic E-state index is 14.3. The molecule has 2 nitrogen and oxygen atoms in total. The molecule has 1 aromatic carbocycles. The van der Waals surface area contributed by atoms with Gasteiger partial charge in [0.25, 0.3) is 0 Å². The molecule has 0 heterocycles. The Kier molecular flexibility index (Phi) is 3.33. The minimum Gasteiger partial charge on any atom is -0.383 e. The van der Waals surface area contributed by atoms with Gasteiger partial charge in [0.2, 0.25) is 0 Å². The topological polar surface area (TPSA) is 29.5 Å². The summed E-state index contributed by atoms with van der Waals surface area (Å²) in [6, 6.07) is 7.50. The number of rotatable bonds is 3. The fourth-order valence-electron chi connectivity index (χ4n) is 3.37. The lowest BCUT2D eigenvalue weighted by Crippen LogP contribution is -2.71. The summed E-state index contributed by atoms with van der Waals surface area (Å²) in [5, 5.41) is 9.90. The van der Waals surface area contributed by atoms with Crippen molar-refractivity contribution in [3.05, 3.63) is 35.4 Å². The van der Waals surface area contributed by atoms with Gasteiger partial charge < -0.3 is 9.84 Å². The van der Waals surface area contributed by atoms with Gasteiger partial charge in [0.05, 0.1) is 6.61 Å². The third-order valence-corrected chi connectivity index (χ3v) is 4.97. The molecule has 1 unspecified atom stereocenters. The monoisotopic (exact) mass is 300 g/mol. The zero-order valence-electron chi connectivity index (χ0n) is 11.9. The van der Waals surface area contributed by atoms with E-state index in [4.69, 9.17) is 4.74 Å². The Balaban J connectivity index is 1.77. The van der Waals surface area contributed by atoms with Crippen LogP contribution >= 0.6 is 0 Å². The highest BCUT2D eigenvalue weighted by molar-refractivity contribution is 5.21. The number of benzene rings is 1. The van der Waals surface area contributed by atoms with E-state index in [2.05, 4.69) is 0 Å². The maximum Gasteiger partial charge on any atom is 0.309 e. The molecule has 1 aromatic rings. The third kappa shape index (κ3) is 2.18. The Morgan fingerprint density at radius 1 is 1.14 bits per heavy atom. The molecule has 1 N–H and O–H groups in total. The predicted octanol–water partition coefficient (Wildman–Crippen LogP) is 3.54. The normalized spacial score (nSPS) is 37.7. The van der Waals surface area contributed by atoms with Crippen LogP contribution in [0.5, 0.6) is 0 Å². The number of hydrogen-bond donors (Lipinski definition) is 1. The molecular weight excluding hydrogens is 281 g/mol. The van der Waals surface area contributed by atoms with E-state index in [1.165, 1.54) is 0 Å². The smallest absolute Gasteiger partial charge is 0.309 e. The zero-order chi connectivity index (χ0) is 15.3. The van der Waals surface area contributed by atoms with Crippen LogP contribution in [0.4, 0.5) is 13.2 Å². The molecule has 116 valence electrons. The van der Waals surface area contributed by atoms with Crippen LogP contribution in [0.1, 0.15) is 36.8 Å². The van der Waals surface area contributed by atoms with E-state index in [0.717, 1.165) is 11.1 Å². The van der Waals surface area contributed by atoms with Crippen LogP contribution in [0.3, 0.4) is 0 Å². The zero-order valence-corrected chi connectivity index (χ0v) is 11.9. The molecule has 0 aromatic heterocycles. The Morgan fingerprint density at radius 2 is 1.71 bits per heavy atom. The SMILES string of the molecule is Cc1ccc(COC23CCC(O)(CC2)C(F)(F)C3F)cc1. The van der Waals surface area contributed by atoms with Crippen LogP contribution in [0.15, 0.2) is 24.3 Å². The quantitative estimate of drug-likeness (QED) is 0.925. The van der Waals surface area contributed by atoms with E-state index >= 15 is 0 Å². The van der Waals surface area contributed by atoms with Gasteiger partial charge in [-0.15, -0.1) is 0 Å². The lowest BCUT2D eigenvalue weighted by Gasteiger charge is -2.56. The van der Waals surface area contributed by atoms with Crippen molar-refractivity contribution in [1.82, 2.24) is 0 Å². The summed E-state index contributed by atoms with van der Waals surface area (Å²) in [6.45, 7) is 2.06. The number of alkyl halides is 3. The fraction of sp³-hybridized carbons (Fsp3) is 0.625. The molecule has 0 aliphatic heterocycles. The average molecular weight is 300 g/mol. The van der Waals surface area contributed by atoms with E-state index in [9.17, 15) is 18.3 Å². The van der Waals surface area contributed by atoms with Crippen LogP contribution < -0.4 is 0 Å². The molecule has 0 saturated heterocycles. The van der Waals surface area contributed by atoms with Crippen molar-refractivity contribution in [1.29, 1.82) is 0 Å². The molecule has 2 bridgehead atoms. The van der Waals surface area contributed by atoms with E-state index in [1.54, 1.807) is 0 Å². The number of hydrogen-bond acceptors (Lipinski definition) is 2. The van der Waals surface area contributed by atoms with E-state index in [1.807, 2.05) is 31.2 Å². The summed E-state index contributed by atoms with van der Waals surface area (Å²) in [5.41, 5.74) is -1.76. The van der Waals surface area contributed by atoms with Crippen LogP contribution in [-0.4, -0.2) is 28.4 Å². The van der Waals surface area contributed by atoms with Crippen LogP contribution in [0.2, 0.25) is 0 Å². The highest BCUT2D eigenvalue weighted by Crippen LogP contribution is 2.57. The summed E-state index contributed by atoms with van der Waals surface area (Å²) in [4.78, 5) is 0. The van der Waals surface area contributed by atoms with Gasteiger partial charge in [-0.2, -0.15) is 0 Å². The van der Waals surface area contributed by atoms with Crippen molar-refractivity contribution in [3.63, 3.8) is 0 Å². The number of fused-ring (bicyclic) bond motifs is 3. The average Bonchev–Trinajstić information content (AvgIpc) is 2.46. The molecule has 0 amide bonds. The van der Waals surface area contributed by atoms with Crippen molar-refractivity contribution < 1.29 is 23.0 Å². The Bertz CT molecular complexity index is 519. The molecular formula is C16H19F3O2. The number of ether oxygens (including phenoxy) is 1. The molecule has 0 spiro atoms. The van der Waals surface area contributed by atoms with Crippen molar-refractivity contribution in [2.24, 2.45) is 0 Å². The third-order valence-electron chi connectivity index (χ3n) is 4.97. The first-order valence-electron chi connectivity index (χ1n) is 7.23.